The number of fused-ring (bicyclic) bond motifs is 4. The number of anilines is 1. The summed E-state index contributed by atoms with van der Waals surface area (Å²) in [5, 5.41) is 4.46. The van der Waals surface area contributed by atoms with Gasteiger partial charge in [-0.3, -0.25) is 4.98 Å². The van der Waals surface area contributed by atoms with Gasteiger partial charge in [0, 0.05) is 60.3 Å². The third-order valence-corrected chi connectivity index (χ3v) is 6.31. The SMILES string of the molecule is Cc1cn2cc(-c3cc4ccc(N5CC6CC5CN6)cc4oc3=O)cc2c(C)n1. The van der Waals surface area contributed by atoms with Gasteiger partial charge in [-0.25, -0.2) is 4.79 Å². The fourth-order valence-corrected chi connectivity index (χ4v) is 4.93. The molecule has 1 N–H and O–H groups in total. The smallest absolute Gasteiger partial charge is 0.344 e. The Morgan fingerprint density at radius 2 is 2.07 bits per heavy atom. The number of hydrogen-bond donors (Lipinski definition) is 1. The highest BCUT2D eigenvalue weighted by Gasteiger charge is 2.37. The van der Waals surface area contributed by atoms with Crippen LogP contribution in [0.15, 0.2) is 51.9 Å². The zero-order valence-electron chi connectivity index (χ0n) is 16.5. The summed E-state index contributed by atoms with van der Waals surface area (Å²) >= 11 is 0. The first-order valence-corrected chi connectivity index (χ1v) is 10.1. The monoisotopic (exact) mass is 386 g/mol. The van der Waals surface area contributed by atoms with Crippen LogP contribution in [0.2, 0.25) is 0 Å². The highest BCUT2D eigenvalue weighted by atomic mass is 16.4. The lowest BCUT2D eigenvalue weighted by molar-refractivity contribution is 0.561. The molecule has 0 aliphatic carbocycles. The molecule has 2 aliphatic rings. The van der Waals surface area contributed by atoms with Gasteiger partial charge in [0.15, 0.2) is 0 Å². The summed E-state index contributed by atoms with van der Waals surface area (Å²) in [4.78, 5) is 19.7. The first-order chi connectivity index (χ1) is 14.0. The number of piperazine rings is 1. The number of aryl methyl sites for hydroxylation is 2. The molecule has 1 aromatic carbocycles. The van der Waals surface area contributed by atoms with Crippen LogP contribution in [0.5, 0.6) is 0 Å². The number of benzene rings is 1. The van der Waals surface area contributed by atoms with Crippen molar-refractivity contribution in [2.45, 2.75) is 32.4 Å². The van der Waals surface area contributed by atoms with Crippen molar-refractivity contribution in [3.63, 3.8) is 0 Å². The molecule has 2 bridgehead atoms. The zero-order chi connectivity index (χ0) is 19.7. The molecule has 0 spiro atoms. The van der Waals surface area contributed by atoms with Gasteiger partial charge in [0.2, 0.25) is 0 Å². The van der Waals surface area contributed by atoms with Gasteiger partial charge in [-0.05, 0) is 44.5 Å². The molecule has 2 aliphatic heterocycles. The van der Waals surface area contributed by atoms with Crippen molar-refractivity contribution in [1.29, 1.82) is 0 Å². The Labute approximate surface area is 167 Å². The highest BCUT2D eigenvalue weighted by molar-refractivity contribution is 5.85. The lowest BCUT2D eigenvalue weighted by atomic mass is 10.1. The summed E-state index contributed by atoms with van der Waals surface area (Å²) in [5.74, 6) is 0. The number of aromatic nitrogens is 2. The highest BCUT2D eigenvalue weighted by Crippen LogP contribution is 2.32. The quantitative estimate of drug-likeness (QED) is 0.536. The molecule has 5 heterocycles. The van der Waals surface area contributed by atoms with Crippen molar-refractivity contribution in [1.82, 2.24) is 14.7 Å². The minimum atomic E-state index is -0.308. The van der Waals surface area contributed by atoms with Crippen LogP contribution in [0, 0.1) is 13.8 Å². The first kappa shape index (κ1) is 16.8. The minimum absolute atomic E-state index is 0.308. The summed E-state index contributed by atoms with van der Waals surface area (Å²) in [6.07, 6.45) is 5.13. The van der Waals surface area contributed by atoms with Gasteiger partial charge in [-0.1, -0.05) is 0 Å². The molecule has 4 aromatic rings. The zero-order valence-corrected chi connectivity index (χ0v) is 16.5. The van der Waals surface area contributed by atoms with E-state index in [0.29, 0.717) is 23.2 Å². The Kier molecular flexibility index (Phi) is 3.44. The van der Waals surface area contributed by atoms with Gasteiger partial charge in [0.1, 0.15) is 5.58 Å². The largest absolute Gasteiger partial charge is 0.422 e. The predicted molar refractivity (Wildman–Crippen MR) is 114 cm³/mol. The number of rotatable bonds is 2. The molecular weight excluding hydrogens is 364 g/mol. The maximum atomic E-state index is 12.8. The molecule has 0 saturated carbocycles. The third-order valence-electron chi connectivity index (χ3n) is 6.31. The number of hydrogen-bond acceptors (Lipinski definition) is 5. The van der Waals surface area contributed by atoms with E-state index in [2.05, 4.69) is 27.3 Å². The second-order valence-corrected chi connectivity index (χ2v) is 8.31. The van der Waals surface area contributed by atoms with Crippen molar-refractivity contribution in [3.8, 4) is 11.1 Å². The van der Waals surface area contributed by atoms with Gasteiger partial charge in [0.25, 0.3) is 0 Å². The summed E-state index contributed by atoms with van der Waals surface area (Å²) < 4.78 is 7.78. The van der Waals surface area contributed by atoms with E-state index >= 15 is 0 Å². The van der Waals surface area contributed by atoms with Crippen LogP contribution in [0.1, 0.15) is 17.8 Å². The predicted octanol–water partition coefficient (Wildman–Crippen LogP) is 3.28. The normalized spacial score (nSPS) is 21.0. The third kappa shape index (κ3) is 2.59. The molecule has 29 heavy (non-hydrogen) atoms. The minimum Gasteiger partial charge on any atom is -0.422 e. The first-order valence-electron chi connectivity index (χ1n) is 10.1. The molecule has 146 valence electrons. The molecule has 3 aromatic heterocycles. The number of nitrogens with zero attached hydrogens (tertiary/aromatic N) is 3. The van der Waals surface area contributed by atoms with E-state index in [1.54, 1.807) is 0 Å². The molecule has 2 saturated heterocycles. The van der Waals surface area contributed by atoms with E-state index in [1.807, 2.05) is 48.8 Å². The molecule has 6 heteroatoms. The summed E-state index contributed by atoms with van der Waals surface area (Å²) in [5.41, 5.74) is 5.79. The Hall–Kier alpha value is -3.12. The number of nitrogens with one attached hydrogen (secondary N) is 1. The van der Waals surface area contributed by atoms with Crippen LogP contribution in [-0.2, 0) is 0 Å². The van der Waals surface area contributed by atoms with E-state index in [-0.39, 0.29) is 5.63 Å². The van der Waals surface area contributed by atoms with Crippen LogP contribution >= 0.6 is 0 Å². The van der Waals surface area contributed by atoms with Crippen LogP contribution < -0.4 is 15.8 Å². The van der Waals surface area contributed by atoms with Crippen LogP contribution in [0.4, 0.5) is 5.69 Å². The van der Waals surface area contributed by atoms with Crippen LogP contribution in [-0.4, -0.2) is 34.6 Å². The van der Waals surface area contributed by atoms with Gasteiger partial charge in [-0.15, -0.1) is 0 Å². The average Bonchev–Trinajstić information content (AvgIpc) is 3.42. The van der Waals surface area contributed by atoms with Crippen molar-refractivity contribution in [2.75, 3.05) is 18.0 Å². The Morgan fingerprint density at radius 1 is 1.17 bits per heavy atom. The fraction of sp³-hybridized carbons (Fsp3) is 0.304. The van der Waals surface area contributed by atoms with Crippen molar-refractivity contribution >= 4 is 22.2 Å². The van der Waals surface area contributed by atoms with Gasteiger partial charge >= 0.3 is 5.63 Å². The molecule has 0 amide bonds. The van der Waals surface area contributed by atoms with E-state index in [1.165, 1.54) is 6.42 Å². The van der Waals surface area contributed by atoms with E-state index in [9.17, 15) is 4.79 Å². The van der Waals surface area contributed by atoms with Gasteiger partial charge in [-0.2, -0.15) is 0 Å². The van der Waals surface area contributed by atoms with E-state index < -0.39 is 0 Å². The maximum Gasteiger partial charge on any atom is 0.344 e. The molecule has 2 atom stereocenters. The Morgan fingerprint density at radius 3 is 2.86 bits per heavy atom. The van der Waals surface area contributed by atoms with Gasteiger partial charge < -0.3 is 19.0 Å². The van der Waals surface area contributed by atoms with Crippen LogP contribution in [0.3, 0.4) is 0 Å². The van der Waals surface area contributed by atoms with E-state index in [4.69, 9.17) is 4.42 Å². The molecule has 0 radical (unpaired) electrons. The van der Waals surface area contributed by atoms with Crippen LogP contribution in [0.25, 0.3) is 27.6 Å². The average molecular weight is 386 g/mol. The molecule has 2 unspecified atom stereocenters. The second-order valence-electron chi connectivity index (χ2n) is 8.31. The van der Waals surface area contributed by atoms with Crippen molar-refractivity contribution < 1.29 is 4.42 Å². The Bertz CT molecular complexity index is 1340. The Balaban J connectivity index is 1.44. The molecular formula is C23H22N4O2. The summed E-state index contributed by atoms with van der Waals surface area (Å²) in [6, 6.07) is 11.3. The summed E-state index contributed by atoms with van der Waals surface area (Å²) in [7, 11) is 0. The maximum absolute atomic E-state index is 12.8. The lowest BCUT2D eigenvalue weighted by Crippen LogP contribution is -2.43. The second kappa shape index (κ2) is 5.94. The molecule has 6 rings (SSSR count). The lowest BCUT2D eigenvalue weighted by Gasteiger charge is -2.29. The van der Waals surface area contributed by atoms with Gasteiger partial charge in [0.05, 0.1) is 22.5 Å². The topological polar surface area (TPSA) is 62.8 Å². The summed E-state index contributed by atoms with van der Waals surface area (Å²) in [6.45, 7) is 6.00. The van der Waals surface area contributed by atoms with Crippen molar-refractivity contribution in [3.05, 3.63) is 64.5 Å². The van der Waals surface area contributed by atoms with Crippen molar-refractivity contribution in [2.24, 2.45) is 0 Å². The molecule has 6 nitrogen and oxygen atoms in total. The standard InChI is InChI=1S/C23H22N4O2/c1-13-10-26-11-16(6-21(26)14(2)25-13)20-5-15-3-4-18(8-22(15)29-23(20)28)27-12-17-7-19(27)9-24-17/h3-6,8,10-11,17,19,24H,7,9,12H2,1-2H3. The molecule has 2 fully saturated rings. The van der Waals surface area contributed by atoms with E-state index in [0.717, 1.165) is 46.6 Å². The fourth-order valence-electron chi connectivity index (χ4n) is 4.93.